The first-order chi connectivity index (χ1) is 14.6. The van der Waals surface area contributed by atoms with Crippen LogP contribution in [0.15, 0.2) is 48.5 Å². The molecule has 0 unspecified atom stereocenters. The fourth-order valence-electron chi connectivity index (χ4n) is 3.69. The van der Waals surface area contributed by atoms with Crippen LogP contribution in [0.3, 0.4) is 0 Å². The van der Waals surface area contributed by atoms with Crippen molar-refractivity contribution in [1.29, 1.82) is 0 Å². The number of rotatable bonds is 5. The van der Waals surface area contributed by atoms with Crippen LogP contribution in [-0.2, 0) is 16.1 Å². The van der Waals surface area contributed by atoms with Crippen molar-refractivity contribution in [3.05, 3.63) is 59.9 Å². The van der Waals surface area contributed by atoms with Crippen LogP contribution in [0.2, 0.25) is 0 Å². The summed E-state index contributed by atoms with van der Waals surface area (Å²) in [5, 5.41) is 2.77. The number of ether oxygens (including phenoxy) is 2. The number of nitrogens with zero attached hydrogens (tertiary/aromatic N) is 1. The Hall–Kier alpha value is -3.13. The van der Waals surface area contributed by atoms with Gasteiger partial charge in [0.25, 0.3) is 11.8 Å². The van der Waals surface area contributed by atoms with Gasteiger partial charge in [0.15, 0.2) is 18.0 Å². The van der Waals surface area contributed by atoms with E-state index in [0.29, 0.717) is 49.8 Å². The van der Waals surface area contributed by atoms with E-state index in [9.17, 15) is 14.0 Å². The molecule has 0 saturated carbocycles. The first-order valence-electron chi connectivity index (χ1n) is 10.1. The van der Waals surface area contributed by atoms with Gasteiger partial charge in [-0.3, -0.25) is 9.59 Å². The largest absolute Gasteiger partial charge is 0.485 e. The Kier molecular flexibility index (Phi) is 6.13. The van der Waals surface area contributed by atoms with Crippen LogP contribution >= 0.6 is 0 Å². The molecule has 1 saturated heterocycles. The molecule has 8 heteroatoms. The number of piperazine rings is 1. The Labute approximate surface area is 174 Å². The smallest absolute Gasteiger partial charge is 0.275 e. The second kappa shape index (κ2) is 9.13. The number of fused-ring (bicyclic) bond motifs is 1. The normalized spacial score (nSPS) is 18.7. The van der Waals surface area contributed by atoms with E-state index >= 15 is 0 Å². The number of quaternary nitrogens is 1. The van der Waals surface area contributed by atoms with Crippen LogP contribution in [0.1, 0.15) is 5.56 Å². The Morgan fingerprint density at radius 3 is 2.53 bits per heavy atom. The van der Waals surface area contributed by atoms with E-state index in [0.717, 1.165) is 4.90 Å². The highest BCUT2D eigenvalue weighted by molar-refractivity contribution is 5.82. The van der Waals surface area contributed by atoms with Gasteiger partial charge in [-0.15, -0.1) is 0 Å². The minimum absolute atomic E-state index is 0.0902. The standard InChI is InChI=1S/C22H24FN3O4/c23-17-6-2-1-5-16(17)13-24-21(27)14-25-9-11-26(12-10-25)22(28)20-15-29-18-7-3-4-8-19(18)30-20/h1-8,20H,9-15H2,(H,24,27)/p+1/t20-/m1/s1. The molecule has 158 valence electrons. The molecule has 30 heavy (non-hydrogen) atoms. The first kappa shape index (κ1) is 20.2. The number of hydrogen-bond acceptors (Lipinski definition) is 4. The lowest BCUT2D eigenvalue weighted by Gasteiger charge is -2.35. The number of nitrogens with one attached hydrogen (secondary N) is 2. The summed E-state index contributed by atoms with van der Waals surface area (Å²) in [5.41, 5.74) is 0.465. The summed E-state index contributed by atoms with van der Waals surface area (Å²) in [4.78, 5) is 27.8. The van der Waals surface area contributed by atoms with E-state index in [-0.39, 0.29) is 30.8 Å². The van der Waals surface area contributed by atoms with Gasteiger partial charge in [0, 0.05) is 12.1 Å². The van der Waals surface area contributed by atoms with Crippen LogP contribution in [0.5, 0.6) is 11.5 Å². The summed E-state index contributed by atoms with van der Waals surface area (Å²) < 4.78 is 25.1. The molecule has 0 spiro atoms. The molecular formula is C22H25FN3O4+. The molecule has 7 nitrogen and oxygen atoms in total. The summed E-state index contributed by atoms with van der Waals surface area (Å²) in [6.45, 7) is 3.11. The van der Waals surface area contributed by atoms with Crippen LogP contribution in [-0.4, -0.2) is 62.1 Å². The minimum atomic E-state index is -0.648. The number of carbonyl (C=O) groups excluding carboxylic acids is 2. The zero-order chi connectivity index (χ0) is 20.9. The highest BCUT2D eigenvalue weighted by Crippen LogP contribution is 2.31. The summed E-state index contributed by atoms with van der Waals surface area (Å²) in [5.74, 6) is 0.685. The SMILES string of the molecule is O=C(C[NH+]1CCN(C(=O)[C@H]2COc3ccccc3O2)CC1)NCc1ccccc1F. The van der Waals surface area contributed by atoms with E-state index in [4.69, 9.17) is 9.47 Å². The molecule has 0 radical (unpaired) electrons. The van der Waals surface area contributed by atoms with Crippen LogP contribution in [0.25, 0.3) is 0 Å². The van der Waals surface area contributed by atoms with E-state index in [2.05, 4.69) is 5.32 Å². The number of hydrogen-bond donors (Lipinski definition) is 2. The van der Waals surface area contributed by atoms with Gasteiger partial charge in [0.1, 0.15) is 12.4 Å². The molecular weight excluding hydrogens is 389 g/mol. The maximum atomic E-state index is 13.6. The minimum Gasteiger partial charge on any atom is -0.485 e. The highest BCUT2D eigenvalue weighted by Gasteiger charge is 2.34. The molecule has 2 amide bonds. The number of para-hydroxylation sites is 2. The molecule has 0 aliphatic carbocycles. The van der Waals surface area contributed by atoms with Crippen molar-refractivity contribution >= 4 is 11.8 Å². The van der Waals surface area contributed by atoms with E-state index in [1.807, 2.05) is 18.2 Å². The lowest BCUT2D eigenvalue weighted by atomic mass is 10.2. The van der Waals surface area contributed by atoms with Crippen molar-refractivity contribution in [3.8, 4) is 11.5 Å². The number of benzene rings is 2. The zero-order valence-electron chi connectivity index (χ0n) is 16.6. The van der Waals surface area contributed by atoms with E-state index in [1.54, 1.807) is 29.2 Å². The number of amides is 2. The second-order valence-corrected chi connectivity index (χ2v) is 7.48. The predicted octanol–water partition coefficient (Wildman–Crippen LogP) is 0.00900. The van der Waals surface area contributed by atoms with Gasteiger partial charge in [-0.05, 0) is 18.2 Å². The first-order valence-corrected chi connectivity index (χ1v) is 10.1. The molecule has 0 bridgehead atoms. The van der Waals surface area contributed by atoms with Crippen molar-refractivity contribution in [2.24, 2.45) is 0 Å². The van der Waals surface area contributed by atoms with Crippen molar-refractivity contribution in [1.82, 2.24) is 10.2 Å². The predicted molar refractivity (Wildman–Crippen MR) is 107 cm³/mol. The molecule has 0 aromatic heterocycles. The number of carbonyl (C=O) groups is 2. The van der Waals surface area contributed by atoms with E-state index < -0.39 is 6.10 Å². The van der Waals surface area contributed by atoms with Crippen molar-refractivity contribution in [2.75, 3.05) is 39.3 Å². The van der Waals surface area contributed by atoms with Gasteiger partial charge in [-0.1, -0.05) is 30.3 Å². The average molecular weight is 414 g/mol. The average Bonchev–Trinajstić information content (AvgIpc) is 2.78. The van der Waals surface area contributed by atoms with Crippen LogP contribution in [0.4, 0.5) is 4.39 Å². The lowest BCUT2D eigenvalue weighted by Crippen LogP contribution is -3.15. The fraction of sp³-hybridized carbons (Fsp3) is 0.364. The maximum Gasteiger partial charge on any atom is 0.275 e. The maximum absolute atomic E-state index is 13.6. The summed E-state index contributed by atoms with van der Waals surface area (Å²) in [6, 6.07) is 13.7. The Balaban J connectivity index is 1.21. The second-order valence-electron chi connectivity index (χ2n) is 7.48. The molecule has 1 atom stereocenters. The molecule has 1 fully saturated rings. The number of halogens is 1. The summed E-state index contributed by atoms with van der Waals surface area (Å²) in [7, 11) is 0. The Bertz CT molecular complexity index is 915. The fourth-order valence-corrected chi connectivity index (χ4v) is 3.69. The Morgan fingerprint density at radius 2 is 1.77 bits per heavy atom. The van der Waals surface area contributed by atoms with Gasteiger partial charge in [-0.2, -0.15) is 0 Å². The van der Waals surface area contributed by atoms with E-state index in [1.165, 1.54) is 6.07 Å². The lowest BCUT2D eigenvalue weighted by molar-refractivity contribution is -0.896. The molecule has 2 aliphatic heterocycles. The quantitative estimate of drug-likeness (QED) is 0.723. The van der Waals surface area contributed by atoms with Crippen molar-refractivity contribution < 1.29 is 28.4 Å². The topological polar surface area (TPSA) is 72.3 Å². The summed E-state index contributed by atoms with van der Waals surface area (Å²) >= 11 is 0. The van der Waals surface area contributed by atoms with Gasteiger partial charge < -0.3 is 24.6 Å². The highest BCUT2D eigenvalue weighted by atomic mass is 19.1. The molecule has 2 aliphatic rings. The third-order valence-electron chi connectivity index (χ3n) is 5.41. The van der Waals surface area contributed by atoms with Gasteiger partial charge >= 0.3 is 0 Å². The molecule has 2 aromatic carbocycles. The molecule has 2 aromatic rings. The molecule has 2 heterocycles. The zero-order valence-corrected chi connectivity index (χ0v) is 16.6. The van der Waals surface area contributed by atoms with Gasteiger partial charge in [0.05, 0.1) is 26.2 Å². The monoisotopic (exact) mass is 414 g/mol. The van der Waals surface area contributed by atoms with Crippen molar-refractivity contribution in [3.63, 3.8) is 0 Å². The summed E-state index contributed by atoms with van der Waals surface area (Å²) in [6.07, 6.45) is -0.648. The van der Waals surface area contributed by atoms with Gasteiger partial charge in [0.2, 0.25) is 6.10 Å². The van der Waals surface area contributed by atoms with Crippen molar-refractivity contribution in [2.45, 2.75) is 12.6 Å². The third-order valence-corrected chi connectivity index (χ3v) is 5.41. The van der Waals surface area contributed by atoms with Crippen LogP contribution < -0.4 is 19.7 Å². The molecule has 2 N–H and O–H groups in total. The van der Waals surface area contributed by atoms with Gasteiger partial charge in [-0.25, -0.2) is 4.39 Å². The van der Waals surface area contributed by atoms with Crippen LogP contribution in [0, 0.1) is 5.82 Å². The molecule has 4 rings (SSSR count). The third kappa shape index (κ3) is 4.71. The Morgan fingerprint density at radius 1 is 1.07 bits per heavy atom.